The van der Waals surface area contributed by atoms with Gasteiger partial charge >= 0.3 is 5.97 Å². The van der Waals surface area contributed by atoms with Crippen molar-refractivity contribution in [3.05, 3.63) is 35.4 Å². The van der Waals surface area contributed by atoms with Gasteiger partial charge < -0.3 is 9.64 Å². The van der Waals surface area contributed by atoms with Gasteiger partial charge in [-0.2, -0.15) is 0 Å². The van der Waals surface area contributed by atoms with Crippen LogP contribution in [0.5, 0.6) is 0 Å². The van der Waals surface area contributed by atoms with Crippen molar-refractivity contribution in [1.29, 1.82) is 0 Å². The van der Waals surface area contributed by atoms with E-state index in [0.29, 0.717) is 18.7 Å². The number of amides is 1. The van der Waals surface area contributed by atoms with E-state index in [1.165, 1.54) is 12.7 Å². The lowest BCUT2D eigenvalue weighted by Gasteiger charge is -2.31. The fraction of sp³-hybridized carbons (Fsp3) is 0.529. The van der Waals surface area contributed by atoms with Gasteiger partial charge in [-0.15, -0.1) is 11.8 Å². The van der Waals surface area contributed by atoms with E-state index < -0.39 is 0 Å². The summed E-state index contributed by atoms with van der Waals surface area (Å²) in [5.74, 6) is 0.478. The standard InChI is InChI=1S/C17H23NO3S/c1-17(2,3)13-7-5-12(6-8-13)15(19)18-9-10-22-14(11-18)16(20)21-4/h5-8,14H,9-11H2,1-4H3/t14-/m1/s1. The maximum Gasteiger partial charge on any atom is 0.320 e. The summed E-state index contributed by atoms with van der Waals surface area (Å²) in [7, 11) is 1.38. The number of thioether (sulfide) groups is 1. The first-order chi connectivity index (χ1) is 10.3. The number of hydrogen-bond acceptors (Lipinski definition) is 4. The monoisotopic (exact) mass is 321 g/mol. The van der Waals surface area contributed by atoms with Gasteiger partial charge in [-0.25, -0.2) is 0 Å². The van der Waals surface area contributed by atoms with Crippen LogP contribution in [0.4, 0.5) is 0 Å². The molecule has 0 saturated carbocycles. The molecule has 0 N–H and O–H groups in total. The first-order valence-corrected chi connectivity index (χ1v) is 8.47. The maximum absolute atomic E-state index is 12.6. The van der Waals surface area contributed by atoms with Gasteiger partial charge in [0.25, 0.3) is 5.91 Å². The Morgan fingerprint density at radius 2 is 1.86 bits per heavy atom. The third-order valence-corrected chi connectivity index (χ3v) is 4.98. The van der Waals surface area contributed by atoms with Crippen LogP contribution in [0, 0.1) is 0 Å². The second kappa shape index (κ2) is 6.73. The Morgan fingerprint density at radius 1 is 1.23 bits per heavy atom. The topological polar surface area (TPSA) is 46.6 Å². The molecule has 22 heavy (non-hydrogen) atoms. The molecule has 120 valence electrons. The highest BCUT2D eigenvalue weighted by molar-refractivity contribution is 8.00. The van der Waals surface area contributed by atoms with E-state index in [2.05, 4.69) is 20.8 Å². The molecule has 0 aliphatic carbocycles. The fourth-order valence-corrected chi connectivity index (χ4v) is 3.53. The van der Waals surface area contributed by atoms with Crippen LogP contribution in [0.15, 0.2) is 24.3 Å². The lowest BCUT2D eigenvalue weighted by molar-refractivity contribution is -0.140. The van der Waals surface area contributed by atoms with Crippen molar-refractivity contribution in [2.75, 3.05) is 26.0 Å². The number of carbonyl (C=O) groups excluding carboxylic acids is 2. The van der Waals surface area contributed by atoms with Gasteiger partial charge in [-0.1, -0.05) is 32.9 Å². The van der Waals surface area contributed by atoms with Crippen LogP contribution in [-0.2, 0) is 14.9 Å². The van der Waals surface area contributed by atoms with E-state index >= 15 is 0 Å². The number of hydrogen-bond donors (Lipinski definition) is 0. The quantitative estimate of drug-likeness (QED) is 0.786. The van der Waals surface area contributed by atoms with E-state index in [1.807, 2.05) is 24.3 Å². The van der Waals surface area contributed by atoms with E-state index in [1.54, 1.807) is 16.7 Å². The Hall–Kier alpha value is -1.49. The molecule has 1 amide bonds. The Kier molecular flexibility index (Phi) is 5.16. The van der Waals surface area contributed by atoms with Gasteiger partial charge in [-0.05, 0) is 23.1 Å². The predicted molar refractivity (Wildman–Crippen MR) is 89.3 cm³/mol. The van der Waals surface area contributed by atoms with Gasteiger partial charge in [-0.3, -0.25) is 9.59 Å². The van der Waals surface area contributed by atoms with Crippen LogP contribution in [0.1, 0.15) is 36.7 Å². The zero-order chi connectivity index (χ0) is 16.3. The molecule has 1 heterocycles. The number of esters is 1. The zero-order valence-corrected chi connectivity index (χ0v) is 14.4. The van der Waals surface area contributed by atoms with E-state index in [0.717, 1.165) is 5.75 Å². The molecule has 5 heteroatoms. The van der Waals surface area contributed by atoms with Gasteiger partial charge in [0.2, 0.25) is 0 Å². The highest BCUT2D eigenvalue weighted by Crippen LogP contribution is 2.24. The fourth-order valence-electron chi connectivity index (χ4n) is 2.40. The molecular weight excluding hydrogens is 298 g/mol. The molecule has 1 saturated heterocycles. The van der Waals surface area contributed by atoms with Crippen molar-refractivity contribution in [2.45, 2.75) is 31.4 Å². The molecule has 4 nitrogen and oxygen atoms in total. The molecule has 1 fully saturated rings. The molecule has 1 aliphatic heterocycles. The summed E-state index contributed by atoms with van der Waals surface area (Å²) in [6.07, 6.45) is 0. The summed E-state index contributed by atoms with van der Waals surface area (Å²) in [5, 5.41) is -0.281. The van der Waals surface area contributed by atoms with E-state index in [9.17, 15) is 9.59 Å². The Bertz CT molecular complexity index is 548. The number of methoxy groups -OCH3 is 1. The molecule has 0 radical (unpaired) electrons. The van der Waals surface area contributed by atoms with Crippen molar-refractivity contribution in [3.8, 4) is 0 Å². The number of nitrogens with zero attached hydrogens (tertiary/aromatic N) is 1. The summed E-state index contributed by atoms with van der Waals surface area (Å²) in [5.41, 5.74) is 1.94. The lowest BCUT2D eigenvalue weighted by atomic mass is 9.86. The van der Waals surface area contributed by atoms with Crippen LogP contribution >= 0.6 is 11.8 Å². The molecule has 0 unspecified atom stereocenters. The molecule has 0 spiro atoms. The van der Waals surface area contributed by atoms with Crippen molar-refractivity contribution in [2.24, 2.45) is 0 Å². The first kappa shape index (κ1) is 16.9. The predicted octanol–water partition coefficient (Wildman–Crippen LogP) is 2.71. The summed E-state index contributed by atoms with van der Waals surface area (Å²) < 4.78 is 4.78. The van der Waals surface area contributed by atoms with Gasteiger partial charge in [0.15, 0.2) is 0 Å². The minimum atomic E-state index is -0.281. The van der Waals surface area contributed by atoms with Crippen molar-refractivity contribution < 1.29 is 14.3 Å². The average molecular weight is 321 g/mol. The van der Waals surface area contributed by atoms with Crippen LogP contribution in [0.2, 0.25) is 0 Å². The van der Waals surface area contributed by atoms with E-state index in [4.69, 9.17) is 4.74 Å². The molecule has 1 atom stereocenters. The summed E-state index contributed by atoms with van der Waals surface area (Å²) >= 11 is 1.55. The average Bonchev–Trinajstić information content (AvgIpc) is 2.53. The minimum absolute atomic E-state index is 0.0188. The van der Waals surface area contributed by atoms with Crippen LogP contribution in [0.3, 0.4) is 0 Å². The third kappa shape index (κ3) is 3.83. The van der Waals surface area contributed by atoms with Crippen LogP contribution in [-0.4, -0.2) is 48.0 Å². The Labute approximate surface area is 136 Å². The second-order valence-electron chi connectivity index (χ2n) is 6.46. The Balaban J connectivity index is 2.09. The van der Waals surface area contributed by atoms with Crippen molar-refractivity contribution in [3.63, 3.8) is 0 Å². The summed E-state index contributed by atoms with van der Waals surface area (Å²) in [4.78, 5) is 26.0. The number of rotatable bonds is 2. The molecule has 1 aliphatic rings. The Morgan fingerprint density at radius 3 is 2.41 bits per heavy atom. The summed E-state index contributed by atoms with van der Waals surface area (Å²) in [6.45, 7) is 7.52. The largest absolute Gasteiger partial charge is 0.468 e. The highest BCUT2D eigenvalue weighted by Gasteiger charge is 2.30. The SMILES string of the molecule is COC(=O)[C@H]1CN(C(=O)c2ccc(C(C)(C)C)cc2)CCS1. The third-order valence-electron chi connectivity index (χ3n) is 3.82. The molecule has 0 aromatic heterocycles. The number of benzene rings is 1. The molecule has 0 bridgehead atoms. The van der Waals surface area contributed by atoms with Gasteiger partial charge in [0, 0.05) is 24.4 Å². The lowest BCUT2D eigenvalue weighted by Crippen LogP contribution is -2.44. The van der Waals surface area contributed by atoms with E-state index in [-0.39, 0.29) is 22.5 Å². The molecule has 1 aromatic rings. The maximum atomic E-state index is 12.6. The molecule has 2 rings (SSSR count). The number of carbonyl (C=O) groups is 2. The van der Waals surface area contributed by atoms with Crippen molar-refractivity contribution >= 4 is 23.6 Å². The normalized spacial score (nSPS) is 18.9. The van der Waals surface area contributed by atoms with Crippen molar-refractivity contribution in [1.82, 2.24) is 4.90 Å². The molecule has 1 aromatic carbocycles. The highest BCUT2D eigenvalue weighted by atomic mass is 32.2. The van der Waals surface area contributed by atoms with Crippen LogP contribution < -0.4 is 0 Å². The first-order valence-electron chi connectivity index (χ1n) is 7.42. The van der Waals surface area contributed by atoms with Gasteiger partial charge in [0.1, 0.15) is 5.25 Å². The minimum Gasteiger partial charge on any atom is -0.468 e. The zero-order valence-electron chi connectivity index (χ0n) is 13.6. The summed E-state index contributed by atoms with van der Waals surface area (Å²) in [6, 6.07) is 7.75. The smallest absolute Gasteiger partial charge is 0.320 e. The number of ether oxygens (including phenoxy) is 1. The second-order valence-corrected chi connectivity index (χ2v) is 7.77. The van der Waals surface area contributed by atoms with Gasteiger partial charge in [0.05, 0.1) is 7.11 Å². The molecular formula is C17H23NO3S. The van der Waals surface area contributed by atoms with Crippen LogP contribution in [0.25, 0.3) is 0 Å².